The summed E-state index contributed by atoms with van der Waals surface area (Å²) in [6.45, 7) is 2.85. The first kappa shape index (κ1) is 25.8. The summed E-state index contributed by atoms with van der Waals surface area (Å²) in [6, 6.07) is 12.5. The molecular formula is C28H24Br2N8O. The number of hydrogen-bond acceptors (Lipinski definition) is 6. The van der Waals surface area contributed by atoms with Gasteiger partial charge in [-0.15, -0.1) is 0 Å². The van der Waals surface area contributed by atoms with E-state index in [-0.39, 0.29) is 5.91 Å². The first-order valence-electron chi connectivity index (χ1n) is 12.7. The van der Waals surface area contributed by atoms with Gasteiger partial charge in [-0.1, -0.05) is 31.9 Å². The van der Waals surface area contributed by atoms with Gasteiger partial charge in [0.25, 0.3) is 5.91 Å². The fourth-order valence-corrected chi connectivity index (χ4v) is 7.16. The summed E-state index contributed by atoms with van der Waals surface area (Å²) in [6.07, 6.45) is 9.24. The fourth-order valence-electron chi connectivity index (χ4n) is 5.86. The number of carbonyl (C=O) groups excluding carboxylic acids is 1. The molecular weight excluding hydrogens is 624 g/mol. The standard InChI is InChI=1S/C28H24Br2N8O/c29-21-9-18(10-22(30)11-21)27(39)36-7-2-23(3-8-36)37-16-28(17-37,4-5-31)38-15-20(14-35-38)25-19(12-32)13-34-26-24(25)1-6-33-26/h1,6,9-11,13-15,23H,2-4,7-8,16-17H2,(H,33,34). The van der Waals surface area contributed by atoms with Crippen molar-refractivity contribution in [2.24, 2.45) is 0 Å². The molecule has 4 aromatic rings. The van der Waals surface area contributed by atoms with Crippen LogP contribution in [0, 0.1) is 22.7 Å². The van der Waals surface area contributed by atoms with E-state index >= 15 is 0 Å². The van der Waals surface area contributed by atoms with Crippen molar-refractivity contribution in [1.29, 1.82) is 10.5 Å². The third-order valence-electron chi connectivity index (χ3n) is 7.84. The smallest absolute Gasteiger partial charge is 0.253 e. The van der Waals surface area contributed by atoms with E-state index in [1.807, 2.05) is 46.2 Å². The predicted molar refractivity (Wildman–Crippen MR) is 153 cm³/mol. The highest BCUT2D eigenvalue weighted by Crippen LogP contribution is 2.38. The number of H-pyrrole nitrogens is 1. The lowest BCUT2D eigenvalue weighted by Gasteiger charge is -2.53. The van der Waals surface area contributed by atoms with Gasteiger partial charge in [0.15, 0.2) is 0 Å². The molecule has 9 nitrogen and oxygen atoms in total. The van der Waals surface area contributed by atoms with Gasteiger partial charge in [-0.05, 0) is 37.1 Å². The summed E-state index contributed by atoms with van der Waals surface area (Å²) in [5.41, 5.74) is 3.10. The maximum absolute atomic E-state index is 13.1. The van der Waals surface area contributed by atoms with E-state index in [4.69, 9.17) is 0 Å². The molecule has 0 atom stereocenters. The quantitative estimate of drug-likeness (QED) is 0.324. The number of hydrogen-bond donors (Lipinski definition) is 1. The summed E-state index contributed by atoms with van der Waals surface area (Å²) in [5.74, 6) is 0.0475. The molecule has 196 valence electrons. The van der Waals surface area contributed by atoms with Crippen molar-refractivity contribution in [2.75, 3.05) is 26.2 Å². The van der Waals surface area contributed by atoms with Gasteiger partial charge in [0.2, 0.25) is 0 Å². The number of aromatic nitrogens is 4. The average Bonchev–Trinajstić information content (AvgIpc) is 3.59. The number of amides is 1. The van der Waals surface area contributed by atoms with Crippen molar-refractivity contribution in [3.63, 3.8) is 0 Å². The van der Waals surface area contributed by atoms with Crippen LogP contribution in [-0.2, 0) is 5.54 Å². The van der Waals surface area contributed by atoms with Crippen LogP contribution >= 0.6 is 31.9 Å². The Morgan fingerprint density at radius 3 is 2.56 bits per heavy atom. The van der Waals surface area contributed by atoms with Crippen LogP contribution in [0.2, 0.25) is 0 Å². The zero-order valence-electron chi connectivity index (χ0n) is 20.9. The van der Waals surface area contributed by atoms with Gasteiger partial charge in [0, 0.05) is 81.8 Å². The Bertz CT molecular complexity index is 1630. The van der Waals surface area contributed by atoms with Crippen LogP contribution < -0.4 is 0 Å². The number of nitrogens with zero attached hydrogens (tertiary/aromatic N) is 7. The zero-order valence-corrected chi connectivity index (χ0v) is 24.1. The topological polar surface area (TPSA) is 118 Å². The predicted octanol–water partition coefficient (Wildman–Crippen LogP) is 5.05. The van der Waals surface area contributed by atoms with E-state index < -0.39 is 5.54 Å². The number of rotatable bonds is 5. The summed E-state index contributed by atoms with van der Waals surface area (Å²) >= 11 is 6.94. The second-order valence-corrected chi connectivity index (χ2v) is 12.0. The minimum atomic E-state index is -0.417. The van der Waals surface area contributed by atoms with Gasteiger partial charge in [0.05, 0.1) is 24.3 Å². The second kappa shape index (κ2) is 10.2. The van der Waals surface area contributed by atoms with Crippen LogP contribution in [0.3, 0.4) is 0 Å². The molecule has 1 aromatic carbocycles. The van der Waals surface area contributed by atoms with Crippen LogP contribution in [0.4, 0.5) is 0 Å². The fraction of sp³-hybridized carbons (Fsp3) is 0.321. The maximum Gasteiger partial charge on any atom is 0.253 e. The van der Waals surface area contributed by atoms with Crippen LogP contribution in [0.25, 0.3) is 22.2 Å². The number of fused-ring (bicyclic) bond motifs is 1. The molecule has 2 aliphatic heterocycles. The van der Waals surface area contributed by atoms with Gasteiger partial charge in [0.1, 0.15) is 17.3 Å². The molecule has 1 amide bonds. The molecule has 2 fully saturated rings. The third-order valence-corrected chi connectivity index (χ3v) is 8.76. The first-order valence-corrected chi connectivity index (χ1v) is 14.3. The van der Waals surface area contributed by atoms with Crippen LogP contribution in [-0.4, -0.2) is 67.7 Å². The molecule has 5 heterocycles. The number of halogens is 2. The van der Waals surface area contributed by atoms with Crippen molar-refractivity contribution in [2.45, 2.75) is 30.8 Å². The molecule has 0 bridgehead atoms. The number of piperidine rings is 1. The lowest BCUT2D eigenvalue weighted by atomic mass is 9.83. The summed E-state index contributed by atoms with van der Waals surface area (Å²) in [7, 11) is 0. The highest BCUT2D eigenvalue weighted by Gasteiger charge is 2.48. The second-order valence-electron chi connectivity index (χ2n) is 10.2. The molecule has 0 unspecified atom stereocenters. The molecule has 3 aromatic heterocycles. The summed E-state index contributed by atoms with van der Waals surface area (Å²) in [5, 5.41) is 24.9. The Hall–Kier alpha value is -3.51. The minimum Gasteiger partial charge on any atom is -0.346 e. The van der Waals surface area contributed by atoms with Crippen LogP contribution in [0.1, 0.15) is 35.2 Å². The number of pyridine rings is 1. The van der Waals surface area contributed by atoms with E-state index in [0.717, 1.165) is 57.0 Å². The summed E-state index contributed by atoms with van der Waals surface area (Å²) in [4.78, 5) is 24.8. The van der Waals surface area contributed by atoms with E-state index in [2.05, 4.69) is 64.0 Å². The maximum atomic E-state index is 13.1. The first-order chi connectivity index (χ1) is 18.9. The minimum absolute atomic E-state index is 0.0475. The molecule has 1 N–H and O–H groups in total. The van der Waals surface area contributed by atoms with Gasteiger partial charge in [-0.25, -0.2) is 4.98 Å². The highest BCUT2D eigenvalue weighted by atomic mass is 79.9. The monoisotopic (exact) mass is 646 g/mol. The lowest BCUT2D eigenvalue weighted by Crippen LogP contribution is -2.66. The Balaban J connectivity index is 1.15. The normalized spacial score (nSPS) is 17.5. The van der Waals surface area contributed by atoms with Gasteiger partial charge in [-0.3, -0.25) is 14.4 Å². The Morgan fingerprint density at radius 2 is 1.87 bits per heavy atom. The molecule has 0 aliphatic carbocycles. The number of nitriles is 2. The van der Waals surface area contributed by atoms with Gasteiger partial charge < -0.3 is 9.88 Å². The SMILES string of the molecule is N#CCC1(n2cc(-c3c(C#N)cnc4[nH]ccc34)cn2)CN(C2CCN(C(=O)c3cc(Br)cc(Br)c3)CC2)C1. The number of nitrogens with one attached hydrogen (secondary N) is 1. The zero-order chi connectivity index (χ0) is 27.1. The molecule has 0 radical (unpaired) electrons. The van der Waals surface area contributed by atoms with Crippen molar-refractivity contribution < 1.29 is 4.79 Å². The van der Waals surface area contributed by atoms with Crippen LogP contribution in [0.5, 0.6) is 0 Å². The van der Waals surface area contributed by atoms with Crippen molar-refractivity contribution in [3.8, 4) is 23.3 Å². The number of carbonyl (C=O) groups is 1. The van der Waals surface area contributed by atoms with E-state index in [1.54, 1.807) is 12.4 Å². The third kappa shape index (κ3) is 4.65. The van der Waals surface area contributed by atoms with E-state index in [1.165, 1.54) is 0 Å². The number of aromatic amines is 1. The van der Waals surface area contributed by atoms with E-state index in [0.29, 0.717) is 36.7 Å². The molecule has 39 heavy (non-hydrogen) atoms. The van der Waals surface area contributed by atoms with Crippen molar-refractivity contribution in [3.05, 3.63) is 69.1 Å². The Morgan fingerprint density at radius 1 is 1.13 bits per heavy atom. The van der Waals surface area contributed by atoms with Crippen LogP contribution in [0.15, 0.2) is 58.0 Å². The average molecular weight is 648 g/mol. The lowest BCUT2D eigenvalue weighted by molar-refractivity contribution is -0.0412. The number of benzene rings is 1. The highest BCUT2D eigenvalue weighted by molar-refractivity contribution is 9.11. The largest absolute Gasteiger partial charge is 0.346 e. The van der Waals surface area contributed by atoms with Gasteiger partial charge >= 0.3 is 0 Å². The molecule has 6 rings (SSSR count). The molecule has 0 spiro atoms. The number of likely N-dealkylation sites (tertiary alicyclic amines) is 2. The molecule has 2 saturated heterocycles. The van der Waals surface area contributed by atoms with Gasteiger partial charge in [-0.2, -0.15) is 15.6 Å². The molecule has 0 saturated carbocycles. The van der Waals surface area contributed by atoms with E-state index in [9.17, 15) is 15.3 Å². The van der Waals surface area contributed by atoms with Crippen molar-refractivity contribution >= 4 is 48.8 Å². The molecule has 11 heteroatoms. The Kier molecular flexibility index (Phi) is 6.76. The summed E-state index contributed by atoms with van der Waals surface area (Å²) < 4.78 is 3.65. The Labute approximate surface area is 242 Å². The molecule has 2 aliphatic rings. The van der Waals surface area contributed by atoms with Crippen molar-refractivity contribution in [1.82, 2.24) is 29.5 Å².